The van der Waals surface area contributed by atoms with E-state index >= 15 is 0 Å². The number of nitrogens with one attached hydrogen (secondary N) is 3. The van der Waals surface area contributed by atoms with Crippen LogP contribution in [-0.4, -0.2) is 24.5 Å². The number of anilines is 2. The first kappa shape index (κ1) is 18.7. The quantitative estimate of drug-likeness (QED) is 0.752. The van der Waals surface area contributed by atoms with E-state index in [1.807, 2.05) is 19.1 Å². The van der Waals surface area contributed by atoms with Crippen LogP contribution < -0.4 is 20.9 Å². The molecule has 1 saturated heterocycles. The number of aryl methyl sites for hydroxylation is 1. The minimum Gasteiger partial charge on any atom is -0.334 e. The number of nitrogens with zero attached hydrogens (tertiary/aromatic N) is 1. The van der Waals surface area contributed by atoms with Crippen molar-refractivity contribution in [3.05, 3.63) is 58.6 Å². The lowest BCUT2D eigenvalue weighted by Gasteiger charge is -2.26. The summed E-state index contributed by atoms with van der Waals surface area (Å²) in [7, 11) is 0. The van der Waals surface area contributed by atoms with Gasteiger partial charge in [-0.05, 0) is 42.3 Å². The molecule has 1 heterocycles. The first-order valence-corrected chi connectivity index (χ1v) is 8.81. The summed E-state index contributed by atoms with van der Waals surface area (Å²) in [6.45, 7) is 2.50. The lowest BCUT2D eigenvalue weighted by molar-refractivity contribution is -0.120. The van der Waals surface area contributed by atoms with Gasteiger partial charge in [0.1, 0.15) is 0 Å². The van der Waals surface area contributed by atoms with E-state index in [9.17, 15) is 14.4 Å². The van der Waals surface area contributed by atoms with Crippen LogP contribution >= 0.6 is 11.6 Å². The Hall–Kier alpha value is -3.06. The summed E-state index contributed by atoms with van der Waals surface area (Å²) in [5.41, 5.74) is 3.04. The van der Waals surface area contributed by atoms with Crippen LogP contribution in [0.25, 0.3) is 0 Å². The number of hydrogen-bond acceptors (Lipinski definition) is 3. The van der Waals surface area contributed by atoms with Crippen molar-refractivity contribution in [3.63, 3.8) is 0 Å². The van der Waals surface area contributed by atoms with E-state index in [0.717, 1.165) is 11.1 Å². The van der Waals surface area contributed by atoms with Crippen LogP contribution in [0, 0.1) is 6.92 Å². The van der Waals surface area contributed by atoms with Crippen molar-refractivity contribution < 1.29 is 14.4 Å². The molecule has 27 heavy (non-hydrogen) atoms. The maximum atomic E-state index is 12.1. The van der Waals surface area contributed by atoms with Crippen molar-refractivity contribution in [1.29, 1.82) is 0 Å². The van der Waals surface area contributed by atoms with Gasteiger partial charge >= 0.3 is 12.1 Å². The molecule has 0 spiro atoms. The van der Waals surface area contributed by atoms with E-state index in [2.05, 4.69) is 16.0 Å². The minimum atomic E-state index is -0.439. The Kier molecular flexibility index (Phi) is 5.61. The predicted octanol–water partition coefficient (Wildman–Crippen LogP) is 3.42. The Morgan fingerprint density at radius 1 is 1.22 bits per heavy atom. The lowest BCUT2D eigenvalue weighted by atomic mass is 10.1. The van der Waals surface area contributed by atoms with Gasteiger partial charge in [-0.3, -0.25) is 15.0 Å². The van der Waals surface area contributed by atoms with Gasteiger partial charge in [-0.2, -0.15) is 0 Å². The van der Waals surface area contributed by atoms with Crippen molar-refractivity contribution in [1.82, 2.24) is 10.6 Å². The fraction of sp³-hybridized carbons (Fsp3) is 0.211. The Bertz CT molecular complexity index is 900. The number of benzene rings is 2. The molecule has 140 valence electrons. The highest BCUT2D eigenvalue weighted by molar-refractivity contribution is 6.31. The van der Waals surface area contributed by atoms with Crippen LogP contribution in [-0.2, 0) is 11.3 Å². The first-order chi connectivity index (χ1) is 12.9. The monoisotopic (exact) mass is 386 g/mol. The molecule has 0 bridgehead atoms. The molecule has 1 fully saturated rings. The van der Waals surface area contributed by atoms with Gasteiger partial charge in [0.05, 0.1) is 0 Å². The van der Waals surface area contributed by atoms with Gasteiger partial charge in [-0.15, -0.1) is 0 Å². The first-order valence-electron chi connectivity index (χ1n) is 8.43. The molecule has 1 aliphatic heterocycles. The maximum absolute atomic E-state index is 12.1. The van der Waals surface area contributed by atoms with Crippen LogP contribution in [0.15, 0.2) is 42.5 Å². The van der Waals surface area contributed by atoms with Gasteiger partial charge in [0.2, 0.25) is 5.91 Å². The molecule has 2 aromatic rings. The Balaban J connectivity index is 1.59. The third kappa shape index (κ3) is 4.77. The molecule has 0 aliphatic carbocycles. The van der Waals surface area contributed by atoms with Gasteiger partial charge in [-0.25, -0.2) is 9.59 Å². The highest BCUT2D eigenvalue weighted by Crippen LogP contribution is 2.20. The molecule has 0 atom stereocenters. The van der Waals surface area contributed by atoms with Crippen LogP contribution in [0.5, 0.6) is 0 Å². The largest absolute Gasteiger partial charge is 0.334 e. The number of amides is 5. The molecule has 3 rings (SSSR count). The van der Waals surface area contributed by atoms with Crippen molar-refractivity contribution in [2.45, 2.75) is 19.9 Å². The van der Waals surface area contributed by atoms with Crippen molar-refractivity contribution >= 4 is 40.9 Å². The zero-order valence-corrected chi connectivity index (χ0v) is 15.5. The van der Waals surface area contributed by atoms with E-state index in [4.69, 9.17) is 11.6 Å². The fourth-order valence-electron chi connectivity index (χ4n) is 2.67. The Labute approximate surface area is 161 Å². The fourth-order valence-corrected chi connectivity index (χ4v) is 2.85. The van der Waals surface area contributed by atoms with Crippen LogP contribution in [0.2, 0.25) is 5.02 Å². The van der Waals surface area contributed by atoms with E-state index in [-0.39, 0.29) is 24.9 Å². The average molecular weight is 387 g/mol. The van der Waals surface area contributed by atoms with E-state index < -0.39 is 6.03 Å². The number of urea groups is 2. The van der Waals surface area contributed by atoms with E-state index in [1.54, 1.807) is 30.3 Å². The zero-order chi connectivity index (χ0) is 19.4. The zero-order valence-electron chi connectivity index (χ0n) is 14.7. The summed E-state index contributed by atoms with van der Waals surface area (Å²) < 4.78 is 0. The minimum absolute atomic E-state index is 0.260. The highest BCUT2D eigenvalue weighted by atomic mass is 35.5. The molecular weight excluding hydrogens is 368 g/mol. The highest BCUT2D eigenvalue weighted by Gasteiger charge is 2.24. The molecule has 0 aromatic heterocycles. The average Bonchev–Trinajstić information content (AvgIpc) is 2.63. The second-order valence-electron chi connectivity index (χ2n) is 6.20. The second kappa shape index (κ2) is 8.09. The van der Waals surface area contributed by atoms with Crippen LogP contribution in [0.1, 0.15) is 17.5 Å². The van der Waals surface area contributed by atoms with Gasteiger partial charge in [-0.1, -0.05) is 29.8 Å². The maximum Gasteiger partial charge on any atom is 0.328 e. The summed E-state index contributed by atoms with van der Waals surface area (Å²) in [4.78, 5) is 36.8. The summed E-state index contributed by atoms with van der Waals surface area (Å²) >= 11 is 6.05. The number of rotatable bonds is 4. The normalized spacial score (nSPS) is 13.9. The molecular formula is C19H19ClN4O3. The SMILES string of the molecule is Cc1ccc(NC(=O)NCc2cccc(N3CCC(=O)NC3=O)c2)cc1Cl. The number of carbonyl (C=O) groups excluding carboxylic acids is 3. The number of imide groups is 1. The molecule has 3 N–H and O–H groups in total. The molecule has 7 nitrogen and oxygen atoms in total. The predicted molar refractivity (Wildman–Crippen MR) is 104 cm³/mol. The Morgan fingerprint density at radius 3 is 2.78 bits per heavy atom. The molecule has 8 heteroatoms. The van der Waals surface area contributed by atoms with Gasteiger partial charge in [0.15, 0.2) is 0 Å². The number of carbonyl (C=O) groups is 3. The molecule has 0 radical (unpaired) electrons. The molecule has 2 aromatic carbocycles. The third-order valence-electron chi connectivity index (χ3n) is 4.16. The Morgan fingerprint density at radius 2 is 2.04 bits per heavy atom. The summed E-state index contributed by atoms with van der Waals surface area (Å²) in [5.74, 6) is -0.276. The van der Waals surface area contributed by atoms with Gasteiger partial charge in [0.25, 0.3) is 0 Å². The van der Waals surface area contributed by atoms with Crippen molar-refractivity contribution in [2.24, 2.45) is 0 Å². The van der Waals surface area contributed by atoms with Crippen LogP contribution in [0.3, 0.4) is 0 Å². The molecule has 0 unspecified atom stereocenters. The van der Waals surface area contributed by atoms with Crippen molar-refractivity contribution in [3.8, 4) is 0 Å². The molecule has 5 amide bonds. The molecule has 0 saturated carbocycles. The second-order valence-corrected chi connectivity index (χ2v) is 6.60. The summed E-state index contributed by atoms with van der Waals surface area (Å²) in [6, 6.07) is 11.7. The standard InChI is InChI=1S/C19H19ClN4O3/c1-12-5-6-14(10-16(12)20)22-18(26)21-11-13-3-2-4-15(9-13)24-8-7-17(25)23-19(24)27/h2-6,9-10H,7-8,11H2,1H3,(H2,21,22,26)(H,23,25,27). The topological polar surface area (TPSA) is 90.5 Å². The van der Waals surface area contributed by atoms with E-state index in [0.29, 0.717) is 22.9 Å². The summed E-state index contributed by atoms with van der Waals surface area (Å²) in [5, 5.41) is 8.36. The van der Waals surface area contributed by atoms with Gasteiger partial charge < -0.3 is 10.6 Å². The van der Waals surface area contributed by atoms with Crippen LogP contribution in [0.4, 0.5) is 21.0 Å². The summed E-state index contributed by atoms with van der Waals surface area (Å²) in [6.07, 6.45) is 0.260. The third-order valence-corrected chi connectivity index (χ3v) is 4.57. The number of hydrogen-bond donors (Lipinski definition) is 3. The van der Waals surface area contributed by atoms with Crippen molar-refractivity contribution in [2.75, 3.05) is 16.8 Å². The lowest BCUT2D eigenvalue weighted by Crippen LogP contribution is -2.49. The molecule has 1 aliphatic rings. The van der Waals surface area contributed by atoms with E-state index in [1.165, 1.54) is 4.90 Å². The van der Waals surface area contributed by atoms with Gasteiger partial charge in [0, 0.05) is 35.9 Å². The number of halogens is 1. The smallest absolute Gasteiger partial charge is 0.328 e.